The smallest absolute Gasteiger partial charge is 0.194 e. The maximum absolute atomic E-state index is 13.5. The van der Waals surface area contributed by atoms with Crippen molar-refractivity contribution in [2.45, 2.75) is 39.5 Å². The van der Waals surface area contributed by atoms with Crippen LogP contribution < -0.4 is 29.8 Å². The third-order valence-corrected chi connectivity index (χ3v) is 7.41. The lowest BCUT2D eigenvalue weighted by molar-refractivity contribution is 0.372. The fourth-order valence-corrected chi connectivity index (χ4v) is 6.07. The molecule has 2 N–H and O–H groups in total. The van der Waals surface area contributed by atoms with Crippen LogP contribution in [0.4, 0.5) is 0 Å². The van der Waals surface area contributed by atoms with Crippen LogP contribution in [0.1, 0.15) is 37.8 Å². The van der Waals surface area contributed by atoms with E-state index >= 15 is 0 Å². The molecule has 8 nitrogen and oxygen atoms in total. The van der Waals surface area contributed by atoms with Crippen LogP contribution in [-0.4, -0.2) is 38.7 Å². The summed E-state index contributed by atoms with van der Waals surface area (Å²) in [4.78, 5) is 26.9. The molecule has 38 heavy (non-hydrogen) atoms. The molecular weight excluding hydrogens is 488 g/mol. The van der Waals surface area contributed by atoms with E-state index in [1.165, 1.54) is 40.6 Å². The number of ether oxygens (including phenoxy) is 4. The Morgan fingerprint density at radius 2 is 0.921 bits per heavy atom. The van der Waals surface area contributed by atoms with Crippen LogP contribution in [0.15, 0.2) is 21.7 Å². The largest absolute Gasteiger partial charge is 0.504 e. The van der Waals surface area contributed by atoms with Crippen molar-refractivity contribution < 1.29 is 29.2 Å². The second-order valence-electron chi connectivity index (χ2n) is 9.37. The highest BCUT2D eigenvalue weighted by Gasteiger charge is 2.32. The molecule has 0 atom stereocenters. The molecule has 0 aromatic heterocycles. The van der Waals surface area contributed by atoms with Crippen molar-refractivity contribution in [3.63, 3.8) is 0 Å². The van der Waals surface area contributed by atoms with Crippen LogP contribution >= 0.6 is 0 Å². The van der Waals surface area contributed by atoms with Crippen LogP contribution in [0.5, 0.6) is 34.5 Å². The molecule has 0 bridgehead atoms. The Balaban J connectivity index is 2.39. The van der Waals surface area contributed by atoms with Crippen molar-refractivity contribution in [3.8, 4) is 34.5 Å². The normalized spacial score (nSPS) is 11.7. The summed E-state index contributed by atoms with van der Waals surface area (Å²) < 4.78 is 22.8. The van der Waals surface area contributed by atoms with E-state index in [-0.39, 0.29) is 45.3 Å². The fourth-order valence-electron chi connectivity index (χ4n) is 6.07. The van der Waals surface area contributed by atoms with Gasteiger partial charge in [-0.3, -0.25) is 9.59 Å². The van der Waals surface area contributed by atoms with E-state index in [2.05, 4.69) is 0 Å². The molecular formula is C30H30O8. The average molecular weight is 519 g/mol. The molecule has 0 fully saturated rings. The lowest BCUT2D eigenvalue weighted by Crippen LogP contribution is -2.10. The Labute approximate surface area is 218 Å². The standard InChI is InChI=1S/C30H30O8/c1-7-9-13-19-20-14(10-8-2)30(38-6)28(34)22-16(32)12-18(36-4)24(26(20)22)23-17(35-3)11-15(31)21(25(19)23)27(33)29(13)37-5/h11-12,33-34H,7-10H2,1-6H3. The number of aromatic hydroxyl groups is 2. The van der Waals surface area contributed by atoms with Gasteiger partial charge in [-0.1, -0.05) is 26.7 Å². The highest BCUT2D eigenvalue weighted by Crippen LogP contribution is 2.55. The number of aryl methyl sites for hydroxylation is 2. The molecule has 0 aliphatic heterocycles. The quantitative estimate of drug-likeness (QED) is 0.212. The van der Waals surface area contributed by atoms with Gasteiger partial charge in [0, 0.05) is 44.8 Å². The third kappa shape index (κ3) is 3.15. The SMILES string of the molecule is CCCc1c(OC)c(O)c2c(=O)cc(OC)c3c4c(OC)cc(=O)c5c(O)c(OC)c(CCC)c(c1c23)c54. The first kappa shape index (κ1) is 25.4. The molecule has 0 unspecified atom stereocenters. The van der Waals surface area contributed by atoms with Gasteiger partial charge in [-0.2, -0.15) is 0 Å². The summed E-state index contributed by atoms with van der Waals surface area (Å²) in [5.74, 6) is 0.466. The first-order valence-corrected chi connectivity index (χ1v) is 12.6. The highest BCUT2D eigenvalue weighted by atomic mass is 16.5. The van der Waals surface area contributed by atoms with Crippen LogP contribution in [0.2, 0.25) is 0 Å². The van der Waals surface area contributed by atoms with Gasteiger partial charge < -0.3 is 29.2 Å². The molecule has 198 valence electrons. The van der Waals surface area contributed by atoms with Crippen molar-refractivity contribution in [1.82, 2.24) is 0 Å². The number of hydrogen-bond acceptors (Lipinski definition) is 8. The maximum atomic E-state index is 13.5. The third-order valence-electron chi connectivity index (χ3n) is 7.41. The van der Waals surface area contributed by atoms with Gasteiger partial charge in [0.15, 0.2) is 33.9 Å². The van der Waals surface area contributed by atoms with Crippen LogP contribution in [0.3, 0.4) is 0 Å². The minimum absolute atomic E-state index is 0.0917. The Hall–Kier alpha value is -4.20. The molecule has 5 aromatic rings. The van der Waals surface area contributed by atoms with Crippen LogP contribution in [-0.2, 0) is 12.8 Å². The van der Waals surface area contributed by atoms with Crippen molar-refractivity contribution in [2.24, 2.45) is 0 Å². The maximum Gasteiger partial charge on any atom is 0.194 e. The van der Waals surface area contributed by atoms with E-state index in [0.717, 1.165) is 12.8 Å². The van der Waals surface area contributed by atoms with Gasteiger partial charge in [-0.25, -0.2) is 0 Å². The minimum Gasteiger partial charge on any atom is -0.504 e. The van der Waals surface area contributed by atoms with Crippen molar-refractivity contribution in [3.05, 3.63) is 43.7 Å². The molecule has 0 saturated carbocycles. The zero-order valence-corrected chi connectivity index (χ0v) is 22.3. The van der Waals surface area contributed by atoms with Gasteiger partial charge in [0.25, 0.3) is 0 Å². The first-order chi connectivity index (χ1) is 18.3. The van der Waals surface area contributed by atoms with E-state index in [4.69, 9.17) is 18.9 Å². The average Bonchev–Trinajstić information content (AvgIpc) is 2.90. The molecule has 0 radical (unpaired) electrons. The molecule has 0 heterocycles. The van der Waals surface area contributed by atoms with E-state index in [1.54, 1.807) is 0 Å². The molecule has 5 aromatic carbocycles. The molecule has 0 saturated heterocycles. The minimum atomic E-state index is -0.428. The zero-order valence-electron chi connectivity index (χ0n) is 22.3. The molecule has 0 spiro atoms. The van der Waals surface area contributed by atoms with E-state index in [1.807, 2.05) is 13.8 Å². The van der Waals surface area contributed by atoms with Crippen LogP contribution in [0.25, 0.3) is 43.1 Å². The second kappa shape index (κ2) is 9.28. The van der Waals surface area contributed by atoms with Gasteiger partial charge in [-0.15, -0.1) is 0 Å². The number of phenols is 2. The Morgan fingerprint density at radius 3 is 1.21 bits per heavy atom. The van der Waals surface area contributed by atoms with Gasteiger partial charge in [0.1, 0.15) is 11.5 Å². The first-order valence-electron chi connectivity index (χ1n) is 12.6. The Kier molecular flexibility index (Phi) is 6.21. The number of benzene rings is 5. The summed E-state index contributed by atoms with van der Waals surface area (Å²) in [5, 5.41) is 26.3. The molecule has 0 amide bonds. The van der Waals surface area contributed by atoms with Crippen molar-refractivity contribution >= 4 is 43.1 Å². The molecule has 5 rings (SSSR count). The van der Waals surface area contributed by atoms with Crippen LogP contribution in [0, 0.1) is 0 Å². The Bertz CT molecular complexity index is 1710. The number of hydrogen-bond donors (Lipinski definition) is 2. The van der Waals surface area contributed by atoms with E-state index in [0.29, 0.717) is 56.3 Å². The number of phenolic OH excluding ortho intramolecular Hbond substituents is 2. The lowest BCUT2D eigenvalue weighted by Gasteiger charge is -2.25. The second-order valence-corrected chi connectivity index (χ2v) is 9.37. The Morgan fingerprint density at radius 1 is 0.553 bits per heavy atom. The van der Waals surface area contributed by atoms with Crippen molar-refractivity contribution in [1.29, 1.82) is 0 Å². The fraction of sp³-hybridized carbons (Fsp3) is 0.333. The van der Waals surface area contributed by atoms with E-state index < -0.39 is 10.9 Å². The number of rotatable bonds is 8. The highest BCUT2D eigenvalue weighted by molar-refractivity contribution is 6.38. The van der Waals surface area contributed by atoms with Gasteiger partial charge in [-0.05, 0) is 23.6 Å². The van der Waals surface area contributed by atoms with Gasteiger partial charge in [0.2, 0.25) is 0 Å². The summed E-state index contributed by atoms with van der Waals surface area (Å²) in [7, 11) is 5.83. The summed E-state index contributed by atoms with van der Waals surface area (Å²) >= 11 is 0. The topological polar surface area (TPSA) is 112 Å². The monoisotopic (exact) mass is 518 g/mol. The number of fused-ring (bicyclic) bond motifs is 2. The predicted molar refractivity (Wildman–Crippen MR) is 149 cm³/mol. The zero-order chi connectivity index (χ0) is 27.5. The summed E-state index contributed by atoms with van der Waals surface area (Å²) in [5.41, 5.74) is 0.535. The summed E-state index contributed by atoms with van der Waals surface area (Å²) in [6.45, 7) is 4.02. The van der Waals surface area contributed by atoms with Gasteiger partial charge in [0.05, 0.1) is 39.2 Å². The summed E-state index contributed by atoms with van der Waals surface area (Å²) in [6, 6.07) is 2.63. The lowest BCUT2D eigenvalue weighted by atomic mass is 9.82. The molecule has 0 aliphatic carbocycles. The molecule has 0 aliphatic rings. The van der Waals surface area contributed by atoms with Crippen molar-refractivity contribution in [2.75, 3.05) is 28.4 Å². The number of methoxy groups -OCH3 is 4. The molecule has 8 heteroatoms. The van der Waals surface area contributed by atoms with E-state index in [9.17, 15) is 19.8 Å². The predicted octanol–water partition coefficient (Wildman–Crippen LogP) is 5.25. The summed E-state index contributed by atoms with van der Waals surface area (Å²) in [6.07, 6.45) is 2.48. The van der Waals surface area contributed by atoms with Gasteiger partial charge >= 0.3 is 0 Å².